The second kappa shape index (κ2) is 4.75. The van der Waals surface area contributed by atoms with Crippen LogP contribution < -0.4 is 11.1 Å². The molecule has 0 fully saturated rings. The standard InChI is InChI=1S/C13H9BrClN3O/c14-7-1-3-9(15)10(5-7)17-13-18-11-6-8(16)2-4-12(11)19-13/h1-6H,16H2,(H,17,18). The van der Waals surface area contributed by atoms with Crippen LogP contribution in [0.3, 0.4) is 0 Å². The molecule has 96 valence electrons. The zero-order valence-corrected chi connectivity index (χ0v) is 12.0. The van der Waals surface area contributed by atoms with Gasteiger partial charge < -0.3 is 15.5 Å². The lowest BCUT2D eigenvalue weighted by Gasteiger charge is -2.04. The number of oxazole rings is 1. The van der Waals surface area contributed by atoms with E-state index < -0.39 is 0 Å². The first-order valence-electron chi connectivity index (χ1n) is 5.50. The van der Waals surface area contributed by atoms with Crippen molar-refractivity contribution in [2.24, 2.45) is 0 Å². The number of anilines is 3. The molecule has 4 nitrogen and oxygen atoms in total. The van der Waals surface area contributed by atoms with Gasteiger partial charge in [0.05, 0.1) is 10.7 Å². The van der Waals surface area contributed by atoms with Gasteiger partial charge in [-0.3, -0.25) is 0 Å². The molecule has 6 heteroatoms. The molecular weight excluding hydrogens is 330 g/mol. The summed E-state index contributed by atoms with van der Waals surface area (Å²) in [5.74, 6) is 0. The van der Waals surface area contributed by atoms with E-state index in [4.69, 9.17) is 21.8 Å². The fourth-order valence-corrected chi connectivity index (χ4v) is 2.23. The van der Waals surface area contributed by atoms with Crippen LogP contribution in [-0.2, 0) is 0 Å². The highest BCUT2D eigenvalue weighted by molar-refractivity contribution is 9.10. The molecule has 0 aliphatic carbocycles. The van der Waals surface area contributed by atoms with Gasteiger partial charge in [-0.15, -0.1) is 0 Å². The molecule has 3 aromatic rings. The largest absolute Gasteiger partial charge is 0.423 e. The highest BCUT2D eigenvalue weighted by atomic mass is 79.9. The Kier molecular flexibility index (Phi) is 3.08. The van der Waals surface area contributed by atoms with Crippen molar-refractivity contribution >= 4 is 56.0 Å². The molecule has 0 saturated heterocycles. The number of benzene rings is 2. The zero-order valence-electron chi connectivity index (χ0n) is 9.65. The summed E-state index contributed by atoms with van der Waals surface area (Å²) in [4.78, 5) is 4.31. The summed E-state index contributed by atoms with van der Waals surface area (Å²) in [5, 5.41) is 3.63. The van der Waals surface area contributed by atoms with Crippen LogP contribution in [0.5, 0.6) is 0 Å². The summed E-state index contributed by atoms with van der Waals surface area (Å²) in [6.07, 6.45) is 0. The summed E-state index contributed by atoms with van der Waals surface area (Å²) in [6, 6.07) is 11.2. The Labute approximate surface area is 122 Å². The van der Waals surface area contributed by atoms with Gasteiger partial charge in [-0.1, -0.05) is 27.5 Å². The summed E-state index contributed by atoms with van der Waals surface area (Å²) in [7, 11) is 0. The quantitative estimate of drug-likeness (QED) is 0.672. The van der Waals surface area contributed by atoms with Gasteiger partial charge in [0.25, 0.3) is 6.01 Å². The van der Waals surface area contributed by atoms with Gasteiger partial charge in [-0.2, -0.15) is 4.98 Å². The molecular formula is C13H9BrClN3O. The van der Waals surface area contributed by atoms with Crippen molar-refractivity contribution in [3.05, 3.63) is 45.9 Å². The van der Waals surface area contributed by atoms with E-state index in [1.807, 2.05) is 12.1 Å². The van der Waals surface area contributed by atoms with E-state index in [0.29, 0.717) is 27.8 Å². The second-order valence-electron chi connectivity index (χ2n) is 4.00. The fraction of sp³-hybridized carbons (Fsp3) is 0. The first kappa shape index (κ1) is 12.3. The van der Waals surface area contributed by atoms with Gasteiger partial charge in [0, 0.05) is 10.2 Å². The minimum atomic E-state index is 0.376. The summed E-state index contributed by atoms with van der Waals surface area (Å²) >= 11 is 9.48. The average Bonchev–Trinajstić information content (AvgIpc) is 2.75. The van der Waals surface area contributed by atoms with Crippen molar-refractivity contribution in [2.45, 2.75) is 0 Å². The van der Waals surface area contributed by atoms with Gasteiger partial charge >= 0.3 is 0 Å². The summed E-state index contributed by atoms with van der Waals surface area (Å²) in [5.41, 5.74) is 8.44. The van der Waals surface area contributed by atoms with Crippen molar-refractivity contribution < 1.29 is 4.42 Å². The zero-order chi connectivity index (χ0) is 13.4. The molecule has 3 rings (SSSR count). The van der Waals surface area contributed by atoms with Crippen molar-refractivity contribution in [1.29, 1.82) is 0 Å². The molecule has 2 aromatic carbocycles. The number of hydrogen-bond donors (Lipinski definition) is 2. The number of nitrogens with one attached hydrogen (secondary N) is 1. The minimum absolute atomic E-state index is 0.376. The third kappa shape index (κ3) is 2.52. The summed E-state index contributed by atoms with van der Waals surface area (Å²) < 4.78 is 6.49. The molecule has 3 N–H and O–H groups in total. The monoisotopic (exact) mass is 337 g/mol. The number of aromatic nitrogens is 1. The van der Waals surface area contributed by atoms with E-state index >= 15 is 0 Å². The smallest absolute Gasteiger partial charge is 0.300 e. The average molecular weight is 339 g/mol. The summed E-state index contributed by atoms with van der Waals surface area (Å²) in [6.45, 7) is 0. The fourth-order valence-electron chi connectivity index (χ4n) is 1.71. The number of halogens is 2. The molecule has 0 amide bonds. The Morgan fingerprint density at radius 2 is 2.05 bits per heavy atom. The molecule has 0 unspecified atom stereocenters. The van der Waals surface area contributed by atoms with Crippen LogP contribution in [0.2, 0.25) is 5.02 Å². The number of nitrogen functional groups attached to an aromatic ring is 1. The predicted octanol–water partition coefficient (Wildman–Crippen LogP) is 4.57. The highest BCUT2D eigenvalue weighted by Gasteiger charge is 2.08. The lowest BCUT2D eigenvalue weighted by molar-refractivity contribution is 0.623. The number of nitrogens with zero attached hydrogens (tertiary/aromatic N) is 1. The maximum Gasteiger partial charge on any atom is 0.300 e. The third-order valence-electron chi connectivity index (χ3n) is 2.58. The minimum Gasteiger partial charge on any atom is -0.423 e. The van der Waals surface area contributed by atoms with Gasteiger partial charge in [0.1, 0.15) is 5.52 Å². The van der Waals surface area contributed by atoms with Gasteiger partial charge in [0.15, 0.2) is 5.58 Å². The highest BCUT2D eigenvalue weighted by Crippen LogP contribution is 2.30. The molecule has 0 spiro atoms. The molecule has 0 saturated carbocycles. The Morgan fingerprint density at radius 1 is 1.21 bits per heavy atom. The lowest BCUT2D eigenvalue weighted by Crippen LogP contribution is -1.91. The predicted molar refractivity (Wildman–Crippen MR) is 80.9 cm³/mol. The first-order chi connectivity index (χ1) is 9.11. The van der Waals surface area contributed by atoms with Crippen molar-refractivity contribution in [3.63, 3.8) is 0 Å². The first-order valence-corrected chi connectivity index (χ1v) is 6.67. The van der Waals surface area contributed by atoms with E-state index in [1.165, 1.54) is 0 Å². The van der Waals surface area contributed by atoms with E-state index in [0.717, 1.165) is 10.2 Å². The lowest BCUT2D eigenvalue weighted by atomic mass is 10.3. The molecule has 0 bridgehead atoms. The van der Waals surface area contributed by atoms with Gasteiger partial charge in [-0.25, -0.2) is 0 Å². The maximum absolute atomic E-state index is 6.10. The molecule has 0 atom stereocenters. The Hall–Kier alpha value is -1.72. The van der Waals surface area contributed by atoms with Crippen LogP contribution >= 0.6 is 27.5 Å². The third-order valence-corrected chi connectivity index (χ3v) is 3.40. The van der Waals surface area contributed by atoms with Gasteiger partial charge in [-0.05, 0) is 36.4 Å². The van der Waals surface area contributed by atoms with Crippen LogP contribution in [0.4, 0.5) is 17.4 Å². The van der Waals surface area contributed by atoms with Crippen molar-refractivity contribution in [3.8, 4) is 0 Å². The van der Waals surface area contributed by atoms with Crippen LogP contribution in [0.15, 0.2) is 45.3 Å². The van der Waals surface area contributed by atoms with Crippen LogP contribution in [0, 0.1) is 0 Å². The van der Waals surface area contributed by atoms with Crippen LogP contribution in [0.1, 0.15) is 0 Å². The van der Waals surface area contributed by atoms with Crippen LogP contribution in [-0.4, -0.2) is 4.98 Å². The van der Waals surface area contributed by atoms with E-state index in [-0.39, 0.29) is 0 Å². The molecule has 19 heavy (non-hydrogen) atoms. The van der Waals surface area contributed by atoms with E-state index in [1.54, 1.807) is 24.3 Å². The normalized spacial score (nSPS) is 10.8. The van der Waals surface area contributed by atoms with Crippen molar-refractivity contribution in [2.75, 3.05) is 11.1 Å². The van der Waals surface area contributed by atoms with E-state index in [9.17, 15) is 0 Å². The number of hydrogen-bond acceptors (Lipinski definition) is 4. The topological polar surface area (TPSA) is 64.1 Å². The Morgan fingerprint density at radius 3 is 2.89 bits per heavy atom. The Bertz CT molecular complexity index is 757. The second-order valence-corrected chi connectivity index (χ2v) is 5.32. The SMILES string of the molecule is Nc1ccc2oc(Nc3cc(Br)ccc3Cl)nc2c1. The molecule has 0 radical (unpaired) electrons. The molecule has 0 aliphatic heterocycles. The van der Waals surface area contributed by atoms with Gasteiger partial charge in [0.2, 0.25) is 0 Å². The van der Waals surface area contributed by atoms with Crippen molar-refractivity contribution in [1.82, 2.24) is 4.98 Å². The number of fused-ring (bicyclic) bond motifs is 1. The molecule has 0 aliphatic rings. The molecule has 1 aromatic heterocycles. The van der Waals surface area contributed by atoms with Crippen LogP contribution in [0.25, 0.3) is 11.1 Å². The maximum atomic E-state index is 6.10. The molecule has 1 heterocycles. The Balaban J connectivity index is 1.98. The van der Waals surface area contributed by atoms with E-state index in [2.05, 4.69) is 26.2 Å². The number of nitrogens with two attached hydrogens (primary N) is 1. The number of rotatable bonds is 2.